The number of nitrogens with one attached hydrogen (secondary N) is 1. The number of hydrogen-bond donors (Lipinski definition) is 1. The first-order chi connectivity index (χ1) is 10.5. The van der Waals surface area contributed by atoms with Crippen LogP contribution in [0.25, 0.3) is 0 Å². The molecule has 6 heteroatoms. The van der Waals surface area contributed by atoms with Gasteiger partial charge in [0.05, 0.1) is 29.4 Å². The summed E-state index contributed by atoms with van der Waals surface area (Å²) in [5, 5.41) is 7.63. The van der Waals surface area contributed by atoms with Gasteiger partial charge in [0.1, 0.15) is 0 Å². The van der Waals surface area contributed by atoms with Crippen molar-refractivity contribution in [2.45, 2.75) is 51.4 Å². The largest absolute Gasteiger partial charge is 0.376 e. The molecule has 1 aromatic heterocycles. The zero-order chi connectivity index (χ0) is 15.9. The van der Waals surface area contributed by atoms with Crippen LogP contribution in [0.4, 0.5) is 0 Å². The number of carbonyl (C=O) groups is 1. The highest BCUT2D eigenvalue weighted by Gasteiger charge is 2.55. The molecule has 4 atom stereocenters. The van der Waals surface area contributed by atoms with Gasteiger partial charge < -0.3 is 15.0 Å². The standard InChI is InChI=1S/C16H26N4O2/c1-5-7-20-9-12(10(2)18-20)16(21)17-13-11-6-8-22-15(11)14(13)19(3)4/h9,11,13-15H,5-8H2,1-4H3,(H,17,21)/t11-,13+,14-,15-/m1/s1. The van der Waals surface area contributed by atoms with Crippen LogP contribution < -0.4 is 5.32 Å². The van der Waals surface area contributed by atoms with Gasteiger partial charge in [-0.05, 0) is 33.9 Å². The Morgan fingerprint density at radius 1 is 1.55 bits per heavy atom. The van der Waals surface area contributed by atoms with Crippen LogP contribution >= 0.6 is 0 Å². The Labute approximate surface area is 131 Å². The van der Waals surface area contributed by atoms with Gasteiger partial charge in [0.15, 0.2) is 0 Å². The summed E-state index contributed by atoms with van der Waals surface area (Å²) in [6, 6.07) is 0.436. The van der Waals surface area contributed by atoms with Gasteiger partial charge in [-0.15, -0.1) is 0 Å². The van der Waals surface area contributed by atoms with Gasteiger partial charge in [-0.3, -0.25) is 9.48 Å². The molecular formula is C16H26N4O2. The summed E-state index contributed by atoms with van der Waals surface area (Å²) < 4.78 is 7.65. The van der Waals surface area contributed by atoms with E-state index in [1.807, 2.05) is 31.9 Å². The Balaban J connectivity index is 1.71. The fraction of sp³-hybridized carbons (Fsp3) is 0.750. The molecule has 1 aromatic rings. The Morgan fingerprint density at radius 3 is 3.00 bits per heavy atom. The van der Waals surface area contributed by atoms with Crippen LogP contribution in [0.5, 0.6) is 0 Å². The molecule has 122 valence electrons. The lowest BCUT2D eigenvalue weighted by atomic mass is 9.71. The molecule has 0 aromatic carbocycles. The van der Waals surface area contributed by atoms with Crippen molar-refractivity contribution in [2.24, 2.45) is 5.92 Å². The third-order valence-electron chi connectivity index (χ3n) is 4.89. The van der Waals surface area contributed by atoms with Gasteiger partial charge in [-0.25, -0.2) is 0 Å². The number of ether oxygens (including phenoxy) is 1. The van der Waals surface area contributed by atoms with E-state index in [1.165, 1.54) is 0 Å². The highest BCUT2D eigenvalue weighted by atomic mass is 16.5. The second kappa shape index (κ2) is 6.01. The zero-order valence-corrected chi connectivity index (χ0v) is 13.9. The number of nitrogens with zero attached hydrogens (tertiary/aromatic N) is 3. The lowest BCUT2D eigenvalue weighted by Gasteiger charge is -2.50. The van der Waals surface area contributed by atoms with Crippen LogP contribution in [0.2, 0.25) is 0 Å². The van der Waals surface area contributed by atoms with E-state index < -0.39 is 0 Å². The minimum atomic E-state index is -0.0120. The molecule has 3 rings (SSSR count). The molecule has 1 saturated carbocycles. The Hall–Kier alpha value is -1.40. The van der Waals surface area contributed by atoms with E-state index >= 15 is 0 Å². The lowest BCUT2D eigenvalue weighted by molar-refractivity contribution is -0.0664. The van der Waals surface area contributed by atoms with Gasteiger partial charge in [0, 0.05) is 25.3 Å². The Bertz CT molecular complexity index is 554. The quantitative estimate of drug-likeness (QED) is 0.883. The number of amides is 1. The average molecular weight is 306 g/mol. The molecule has 1 saturated heterocycles. The number of rotatable bonds is 5. The number of hydrogen-bond acceptors (Lipinski definition) is 4. The molecule has 0 radical (unpaired) electrons. The maximum absolute atomic E-state index is 12.6. The maximum Gasteiger partial charge on any atom is 0.255 e. The third-order valence-corrected chi connectivity index (χ3v) is 4.89. The summed E-state index contributed by atoms with van der Waals surface area (Å²) >= 11 is 0. The first-order valence-corrected chi connectivity index (χ1v) is 8.16. The van der Waals surface area contributed by atoms with Gasteiger partial charge in [0.2, 0.25) is 0 Å². The molecule has 2 aliphatic rings. The summed E-state index contributed by atoms with van der Waals surface area (Å²) in [5.74, 6) is 0.435. The van der Waals surface area contributed by atoms with Gasteiger partial charge in [-0.1, -0.05) is 6.92 Å². The second-order valence-corrected chi connectivity index (χ2v) is 6.63. The van der Waals surface area contributed by atoms with E-state index in [0.29, 0.717) is 11.5 Å². The van der Waals surface area contributed by atoms with Gasteiger partial charge >= 0.3 is 0 Å². The summed E-state index contributed by atoms with van der Waals surface area (Å²) in [5.41, 5.74) is 1.49. The Morgan fingerprint density at radius 2 is 2.32 bits per heavy atom. The summed E-state index contributed by atoms with van der Waals surface area (Å²) in [6.45, 7) is 5.65. The summed E-state index contributed by atoms with van der Waals surface area (Å²) in [6.07, 6.45) is 4.17. The number of fused-ring (bicyclic) bond motifs is 1. The second-order valence-electron chi connectivity index (χ2n) is 6.63. The number of aromatic nitrogens is 2. The van der Waals surface area contributed by atoms with Crippen LogP contribution in [-0.2, 0) is 11.3 Å². The molecule has 0 bridgehead atoms. The number of carbonyl (C=O) groups excluding carboxylic acids is 1. The van der Waals surface area contributed by atoms with E-state index in [1.54, 1.807) is 0 Å². The molecular weight excluding hydrogens is 280 g/mol. The van der Waals surface area contributed by atoms with Gasteiger partial charge in [-0.2, -0.15) is 5.10 Å². The van der Waals surface area contributed by atoms with Crippen LogP contribution in [-0.4, -0.2) is 59.5 Å². The smallest absolute Gasteiger partial charge is 0.255 e. The predicted molar refractivity (Wildman–Crippen MR) is 83.8 cm³/mol. The van der Waals surface area contributed by atoms with Crippen molar-refractivity contribution < 1.29 is 9.53 Å². The fourth-order valence-corrected chi connectivity index (χ4v) is 3.80. The highest BCUT2D eigenvalue weighted by molar-refractivity contribution is 5.95. The maximum atomic E-state index is 12.6. The highest BCUT2D eigenvalue weighted by Crippen LogP contribution is 2.41. The number of likely N-dealkylation sites (N-methyl/N-ethyl adjacent to an activating group) is 1. The van der Waals surface area contributed by atoms with Crippen LogP contribution in [0.3, 0.4) is 0 Å². The zero-order valence-electron chi connectivity index (χ0n) is 13.9. The molecule has 1 aliphatic carbocycles. The van der Waals surface area contributed by atoms with E-state index in [9.17, 15) is 4.79 Å². The SMILES string of the molecule is CCCn1cc(C(=O)N[C@H]2[C@H]3CCO[C@H]3[C@@H]2N(C)C)c(C)n1. The van der Waals surface area contributed by atoms with Crippen LogP contribution in [0.15, 0.2) is 6.20 Å². The molecule has 2 heterocycles. The van der Waals surface area contributed by atoms with Crippen molar-refractivity contribution in [1.82, 2.24) is 20.0 Å². The molecule has 1 amide bonds. The van der Waals surface area contributed by atoms with Crippen LogP contribution in [0, 0.1) is 12.8 Å². The molecule has 0 unspecified atom stereocenters. The lowest BCUT2D eigenvalue weighted by Crippen LogP contribution is -2.69. The first-order valence-electron chi connectivity index (χ1n) is 8.16. The van der Waals surface area contributed by atoms with Crippen molar-refractivity contribution in [1.29, 1.82) is 0 Å². The topological polar surface area (TPSA) is 59.4 Å². The van der Waals surface area contributed by atoms with E-state index in [2.05, 4.69) is 22.2 Å². The van der Waals surface area contributed by atoms with Gasteiger partial charge in [0.25, 0.3) is 5.91 Å². The molecule has 0 spiro atoms. The molecule has 2 fully saturated rings. The van der Waals surface area contributed by atoms with Crippen molar-refractivity contribution in [3.8, 4) is 0 Å². The van der Waals surface area contributed by atoms with E-state index in [-0.39, 0.29) is 24.1 Å². The fourth-order valence-electron chi connectivity index (χ4n) is 3.80. The first kappa shape index (κ1) is 15.5. The van der Waals surface area contributed by atoms with Crippen molar-refractivity contribution in [2.75, 3.05) is 20.7 Å². The average Bonchev–Trinajstić information content (AvgIpc) is 3.00. The van der Waals surface area contributed by atoms with Crippen molar-refractivity contribution in [3.63, 3.8) is 0 Å². The van der Waals surface area contributed by atoms with Crippen LogP contribution in [0.1, 0.15) is 35.8 Å². The molecule has 6 nitrogen and oxygen atoms in total. The minimum absolute atomic E-state index is 0.0120. The third kappa shape index (κ3) is 2.54. The van der Waals surface area contributed by atoms with E-state index in [0.717, 1.165) is 31.7 Å². The van der Waals surface area contributed by atoms with E-state index in [4.69, 9.17) is 4.74 Å². The molecule has 1 N–H and O–H groups in total. The summed E-state index contributed by atoms with van der Waals surface area (Å²) in [7, 11) is 4.10. The predicted octanol–water partition coefficient (Wildman–Crippen LogP) is 1.05. The summed E-state index contributed by atoms with van der Waals surface area (Å²) in [4.78, 5) is 14.8. The molecule has 22 heavy (non-hydrogen) atoms. The monoisotopic (exact) mass is 306 g/mol. The molecule has 1 aliphatic heterocycles. The normalized spacial score (nSPS) is 30.2. The van der Waals surface area contributed by atoms with Crippen molar-refractivity contribution in [3.05, 3.63) is 17.5 Å². The number of aryl methyl sites for hydroxylation is 2. The minimum Gasteiger partial charge on any atom is -0.376 e. The van der Waals surface area contributed by atoms with Crippen molar-refractivity contribution >= 4 is 5.91 Å². The Kier molecular flexibility index (Phi) is 4.23.